The number of ether oxygens (including phenoxy) is 2. The molecule has 1 N–H and O–H groups in total. The van der Waals surface area contributed by atoms with Gasteiger partial charge in [-0.05, 0) is 31.0 Å². The predicted octanol–water partition coefficient (Wildman–Crippen LogP) is 4.30. The summed E-state index contributed by atoms with van der Waals surface area (Å²) in [5.41, 5.74) is 4.23. The number of anilines is 1. The lowest BCUT2D eigenvalue weighted by molar-refractivity contribution is -0.116. The number of carbonyl (C=O) groups is 1. The lowest BCUT2D eigenvalue weighted by Crippen LogP contribution is -2.25. The van der Waals surface area contributed by atoms with E-state index in [1.807, 2.05) is 55.5 Å². The zero-order valence-corrected chi connectivity index (χ0v) is 19.9. The molecule has 2 aromatic carbocycles. The van der Waals surface area contributed by atoms with E-state index in [9.17, 15) is 4.79 Å². The van der Waals surface area contributed by atoms with Crippen LogP contribution < -0.4 is 14.8 Å². The Morgan fingerprint density at radius 3 is 2.74 bits per heavy atom. The fraction of sp³-hybridized carbons (Fsp3) is 0.269. The second kappa shape index (κ2) is 9.54. The summed E-state index contributed by atoms with van der Waals surface area (Å²) in [4.78, 5) is 17.5. The molecule has 178 valence electrons. The van der Waals surface area contributed by atoms with Crippen molar-refractivity contribution >= 4 is 11.7 Å². The van der Waals surface area contributed by atoms with Crippen LogP contribution in [0.3, 0.4) is 0 Å². The van der Waals surface area contributed by atoms with E-state index >= 15 is 0 Å². The number of hydrogen-bond acceptors (Lipinski definition) is 7. The van der Waals surface area contributed by atoms with Gasteiger partial charge < -0.3 is 14.8 Å². The third kappa shape index (κ3) is 4.32. The number of nitrogens with one attached hydrogen (secondary N) is 1. The first-order valence-electron chi connectivity index (χ1n) is 11.5. The SMILES string of the molecule is CCCOc1ccc([C@H]2CC(=O)Nc3c2c(C)nn3-c2nncc(-c3ccccc3)n2)cc1OC. The Morgan fingerprint density at radius 1 is 1.14 bits per heavy atom. The number of aromatic nitrogens is 5. The molecule has 1 aliphatic heterocycles. The number of benzene rings is 2. The predicted molar refractivity (Wildman–Crippen MR) is 131 cm³/mol. The van der Waals surface area contributed by atoms with Gasteiger partial charge in [-0.3, -0.25) is 4.79 Å². The lowest BCUT2D eigenvalue weighted by atomic mass is 9.85. The molecule has 0 radical (unpaired) electrons. The third-order valence-electron chi connectivity index (χ3n) is 5.96. The summed E-state index contributed by atoms with van der Waals surface area (Å²) in [6, 6.07) is 15.5. The molecular formula is C26H26N6O3. The maximum Gasteiger partial charge on any atom is 0.272 e. The first-order valence-corrected chi connectivity index (χ1v) is 11.5. The molecular weight excluding hydrogens is 444 g/mol. The number of rotatable bonds is 7. The molecule has 5 rings (SSSR count). The average molecular weight is 471 g/mol. The monoisotopic (exact) mass is 470 g/mol. The fourth-order valence-corrected chi connectivity index (χ4v) is 4.34. The van der Waals surface area contributed by atoms with Crippen LogP contribution in [0.15, 0.2) is 54.7 Å². The van der Waals surface area contributed by atoms with E-state index in [2.05, 4.69) is 32.5 Å². The Kier molecular flexibility index (Phi) is 6.13. The lowest BCUT2D eigenvalue weighted by Gasteiger charge is -2.25. The van der Waals surface area contributed by atoms with Crippen LogP contribution in [0.2, 0.25) is 0 Å². The zero-order valence-electron chi connectivity index (χ0n) is 19.9. The first-order chi connectivity index (χ1) is 17.1. The number of amides is 1. The number of carbonyl (C=O) groups excluding carboxylic acids is 1. The highest BCUT2D eigenvalue weighted by atomic mass is 16.5. The topological polar surface area (TPSA) is 104 Å². The molecule has 0 unspecified atom stereocenters. The Labute approximate surface area is 203 Å². The molecule has 0 bridgehead atoms. The second-order valence-electron chi connectivity index (χ2n) is 8.33. The average Bonchev–Trinajstić information content (AvgIpc) is 3.23. The van der Waals surface area contributed by atoms with Gasteiger partial charge in [0.15, 0.2) is 11.5 Å². The summed E-state index contributed by atoms with van der Waals surface area (Å²) in [6.07, 6.45) is 2.80. The smallest absolute Gasteiger partial charge is 0.272 e. The third-order valence-corrected chi connectivity index (χ3v) is 5.96. The second-order valence-corrected chi connectivity index (χ2v) is 8.33. The Hall–Kier alpha value is -4.27. The molecule has 1 atom stereocenters. The first kappa shape index (κ1) is 22.5. The summed E-state index contributed by atoms with van der Waals surface area (Å²) in [5.74, 6) is 1.85. The molecule has 0 saturated carbocycles. The van der Waals surface area contributed by atoms with E-state index in [-0.39, 0.29) is 17.8 Å². The van der Waals surface area contributed by atoms with Gasteiger partial charge in [0, 0.05) is 23.5 Å². The van der Waals surface area contributed by atoms with Gasteiger partial charge in [-0.15, -0.1) is 5.10 Å². The van der Waals surface area contributed by atoms with E-state index in [0.717, 1.165) is 28.8 Å². The Balaban J connectivity index is 1.56. The van der Waals surface area contributed by atoms with Gasteiger partial charge in [0.25, 0.3) is 5.95 Å². The quantitative estimate of drug-likeness (QED) is 0.429. The summed E-state index contributed by atoms with van der Waals surface area (Å²) < 4.78 is 12.9. The minimum Gasteiger partial charge on any atom is -0.493 e. The molecule has 0 spiro atoms. The molecule has 2 aromatic heterocycles. The van der Waals surface area contributed by atoms with Crippen LogP contribution in [0.5, 0.6) is 11.5 Å². The van der Waals surface area contributed by atoms with Gasteiger partial charge in [-0.2, -0.15) is 14.9 Å². The van der Waals surface area contributed by atoms with E-state index in [4.69, 9.17) is 9.47 Å². The Bertz CT molecular complexity index is 1370. The fourth-order valence-electron chi connectivity index (χ4n) is 4.34. The number of methoxy groups -OCH3 is 1. The number of aryl methyl sites for hydroxylation is 1. The van der Waals surface area contributed by atoms with E-state index in [1.165, 1.54) is 0 Å². The number of fused-ring (bicyclic) bond motifs is 1. The molecule has 35 heavy (non-hydrogen) atoms. The van der Waals surface area contributed by atoms with Gasteiger partial charge in [-0.25, -0.2) is 4.98 Å². The molecule has 9 nitrogen and oxygen atoms in total. The van der Waals surface area contributed by atoms with Gasteiger partial charge in [0.2, 0.25) is 5.91 Å². The largest absolute Gasteiger partial charge is 0.493 e. The van der Waals surface area contributed by atoms with Crippen LogP contribution in [0.4, 0.5) is 5.82 Å². The molecule has 0 fully saturated rings. The molecule has 0 aliphatic carbocycles. The van der Waals surface area contributed by atoms with Gasteiger partial charge in [0.05, 0.1) is 31.3 Å². The zero-order chi connectivity index (χ0) is 24.4. The van der Waals surface area contributed by atoms with Crippen molar-refractivity contribution < 1.29 is 14.3 Å². The van der Waals surface area contributed by atoms with Crippen molar-refractivity contribution in [1.82, 2.24) is 25.0 Å². The number of nitrogens with zero attached hydrogens (tertiary/aromatic N) is 5. The van der Waals surface area contributed by atoms with Gasteiger partial charge in [-0.1, -0.05) is 43.3 Å². The van der Waals surface area contributed by atoms with Crippen LogP contribution in [0, 0.1) is 6.92 Å². The van der Waals surface area contributed by atoms with Crippen molar-refractivity contribution in [3.8, 4) is 28.7 Å². The van der Waals surface area contributed by atoms with Crippen molar-refractivity contribution in [2.45, 2.75) is 32.6 Å². The van der Waals surface area contributed by atoms with E-state index in [1.54, 1.807) is 18.0 Å². The molecule has 1 amide bonds. The summed E-state index contributed by atoms with van der Waals surface area (Å²) >= 11 is 0. The summed E-state index contributed by atoms with van der Waals surface area (Å²) in [6.45, 7) is 4.58. The van der Waals surface area contributed by atoms with Crippen molar-refractivity contribution in [1.29, 1.82) is 0 Å². The maximum absolute atomic E-state index is 12.8. The molecule has 3 heterocycles. The minimum absolute atomic E-state index is 0.110. The van der Waals surface area contributed by atoms with Crippen molar-refractivity contribution in [2.24, 2.45) is 0 Å². The highest BCUT2D eigenvalue weighted by molar-refractivity contribution is 5.95. The standard InChI is InChI=1S/C26H26N6O3/c1-4-12-35-21-11-10-18(13-22(21)34-3)19-14-23(33)29-25-24(19)16(2)31-32(25)26-28-20(15-27-30-26)17-8-6-5-7-9-17/h5-11,13,15,19H,4,12,14H2,1-3H3,(H,29,33)/t19-/m1/s1. The van der Waals surface area contributed by atoms with Crippen LogP contribution in [-0.2, 0) is 4.79 Å². The van der Waals surface area contributed by atoms with Gasteiger partial charge >= 0.3 is 0 Å². The summed E-state index contributed by atoms with van der Waals surface area (Å²) in [7, 11) is 1.62. The molecule has 9 heteroatoms. The van der Waals surface area contributed by atoms with Gasteiger partial charge in [0.1, 0.15) is 5.82 Å². The van der Waals surface area contributed by atoms with Crippen molar-refractivity contribution in [2.75, 3.05) is 19.0 Å². The van der Waals surface area contributed by atoms with Crippen LogP contribution in [-0.4, -0.2) is 44.6 Å². The highest BCUT2D eigenvalue weighted by Gasteiger charge is 2.33. The molecule has 1 aliphatic rings. The number of hydrogen-bond donors (Lipinski definition) is 1. The highest BCUT2D eigenvalue weighted by Crippen LogP contribution is 2.42. The molecule has 0 saturated heterocycles. The van der Waals surface area contributed by atoms with Crippen molar-refractivity contribution in [3.05, 3.63) is 71.5 Å². The minimum atomic E-state index is -0.202. The van der Waals surface area contributed by atoms with Crippen molar-refractivity contribution in [3.63, 3.8) is 0 Å². The van der Waals surface area contributed by atoms with Crippen LogP contribution >= 0.6 is 0 Å². The van der Waals surface area contributed by atoms with E-state index in [0.29, 0.717) is 36.0 Å². The van der Waals surface area contributed by atoms with Crippen LogP contribution in [0.1, 0.15) is 42.5 Å². The van der Waals surface area contributed by atoms with E-state index < -0.39 is 0 Å². The van der Waals surface area contributed by atoms with Crippen LogP contribution in [0.25, 0.3) is 17.2 Å². The Morgan fingerprint density at radius 2 is 1.97 bits per heavy atom. The molecule has 4 aromatic rings. The maximum atomic E-state index is 12.8. The summed E-state index contributed by atoms with van der Waals surface area (Å²) in [5, 5.41) is 16.0. The normalized spacial score (nSPS) is 14.8.